The summed E-state index contributed by atoms with van der Waals surface area (Å²) in [4.78, 5) is 22.9. The third-order valence-corrected chi connectivity index (χ3v) is 5.30. The van der Waals surface area contributed by atoms with Crippen LogP contribution in [-0.2, 0) is 16.1 Å². The molecule has 2 unspecified atom stereocenters. The van der Waals surface area contributed by atoms with Gasteiger partial charge in [0.05, 0.1) is 18.0 Å². The van der Waals surface area contributed by atoms with E-state index in [0.29, 0.717) is 17.3 Å². The molecule has 1 aliphatic rings. The highest BCUT2D eigenvalue weighted by Gasteiger charge is 2.23. The molecule has 1 aromatic heterocycles. The molecular weight excluding hydrogens is 384 g/mol. The number of ether oxygens (including phenoxy) is 1. The molecule has 1 aromatic carbocycles. The van der Waals surface area contributed by atoms with Crippen LogP contribution in [0.3, 0.4) is 0 Å². The molecular formula is C19H23ClN4O2S. The first-order valence-electron chi connectivity index (χ1n) is 8.86. The highest BCUT2D eigenvalue weighted by molar-refractivity contribution is 7.99. The van der Waals surface area contributed by atoms with Crippen molar-refractivity contribution < 1.29 is 9.53 Å². The van der Waals surface area contributed by atoms with Crippen molar-refractivity contribution in [2.45, 2.75) is 37.6 Å². The summed E-state index contributed by atoms with van der Waals surface area (Å²) in [6.07, 6.45) is 1.88. The van der Waals surface area contributed by atoms with E-state index in [0.717, 1.165) is 29.5 Å². The van der Waals surface area contributed by atoms with Gasteiger partial charge in [0.1, 0.15) is 17.2 Å². The SMILES string of the molecule is CC1CN(c2cc(SCC(=O)NCc3ccc(Cl)cc3)ncn2)CC(C)O1. The zero-order valence-corrected chi connectivity index (χ0v) is 17.0. The van der Waals surface area contributed by atoms with E-state index in [1.807, 2.05) is 30.3 Å². The Labute approximate surface area is 168 Å². The Morgan fingerprint density at radius 1 is 1.26 bits per heavy atom. The fourth-order valence-electron chi connectivity index (χ4n) is 2.94. The van der Waals surface area contributed by atoms with Crippen LogP contribution in [0.5, 0.6) is 0 Å². The number of amides is 1. The van der Waals surface area contributed by atoms with Crippen LogP contribution < -0.4 is 10.2 Å². The lowest BCUT2D eigenvalue weighted by Crippen LogP contribution is -2.45. The van der Waals surface area contributed by atoms with Crippen LogP contribution in [0.25, 0.3) is 0 Å². The second-order valence-corrected chi connectivity index (χ2v) is 8.00. The normalized spacial score (nSPS) is 19.7. The van der Waals surface area contributed by atoms with Gasteiger partial charge >= 0.3 is 0 Å². The molecule has 1 saturated heterocycles. The van der Waals surface area contributed by atoms with Crippen LogP contribution in [0.2, 0.25) is 5.02 Å². The van der Waals surface area contributed by atoms with Gasteiger partial charge in [0.25, 0.3) is 0 Å². The largest absolute Gasteiger partial charge is 0.372 e. The molecule has 27 heavy (non-hydrogen) atoms. The van der Waals surface area contributed by atoms with Crippen molar-refractivity contribution in [1.82, 2.24) is 15.3 Å². The van der Waals surface area contributed by atoms with Crippen LogP contribution in [0.4, 0.5) is 5.82 Å². The molecule has 3 rings (SSSR count). The number of rotatable bonds is 6. The van der Waals surface area contributed by atoms with Gasteiger partial charge in [-0.3, -0.25) is 4.79 Å². The Kier molecular flexibility index (Phi) is 6.93. The number of anilines is 1. The zero-order chi connectivity index (χ0) is 19.2. The summed E-state index contributed by atoms with van der Waals surface area (Å²) in [7, 11) is 0. The highest BCUT2D eigenvalue weighted by Crippen LogP contribution is 2.22. The maximum Gasteiger partial charge on any atom is 0.230 e. The Morgan fingerprint density at radius 2 is 1.96 bits per heavy atom. The fraction of sp³-hybridized carbons (Fsp3) is 0.421. The van der Waals surface area contributed by atoms with Crippen LogP contribution in [-0.4, -0.2) is 46.9 Å². The summed E-state index contributed by atoms with van der Waals surface area (Å²) < 4.78 is 5.77. The molecule has 2 atom stereocenters. The molecule has 0 spiro atoms. The van der Waals surface area contributed by atoms with Gasteiger partial charge in [0.2, 0.25) is 5.91 Å². The van der Waals surface area contributed by atoms with E-state index < -0.39 is 0 Å². The minimum Gasteiger partial charge on any atom is -0.372 e. The minimum atomic E-state index is -0.0382. The molecule has 1 fully saturated rings. The van der Waals surface area contributed by atoms with E-state index in [-0.39, 0.29) is 18.1 Å². The van der Waals surface area contributed by atoms with E-state index >= 15 is 0 Å². The van der Waals surface area contributed by atoms with Crippen molar-refractivity contribution in [2.24, 2.45) is 0 Å². The number of morpholine rings is 1. The number of nitrogens with zero attached hydrogens (tertiary/aromatic N) is 3. The number of thioether (sulfide) groups is 1. The van der Waals surface area contributed by atoms with E-state index in [4.69, 9.17) is 16.3 Å². The van der Waals surface area contributed by atoms with Crippen LogP contribution >= 0.6 is 23.4 Å². The average molecular weight is 407 g/mol. The number of carbonyl (C=O) groups excluding carboxylic acids is 1. The third kappa shape index (κ3) is 6.09. The molecule has 144 valence electrons. The molecule has 0 radical (unpaired) electrons. The summed E-state index contributed by atoms with van der Waals surface area (Å²) in [6.45, 7) is 6.20. The lowest BCUT2D eigenvalue weighted by Gasteiger charge is -2.36. The standard InChI is InChI=1S/C19H23ClN4O2S/c1-13-9-24(10-14(2)26-13)17-7-19(23-12-22-17)27-11-18(25)21-8-15-3-5-16(20)6-4-15/h3-7,12-14H,8-11H2,1-2H3,(H,21,25). The first kappa shape index (κ1) is 19.9. The molecule has 1 N–H and O–H groups in total. The van der Waals surface area contributed by atoms with Crippen LogP contribution in [0.1, 0.15) is 19.4 Å². The van der Waals surface area contributed by atoms with Crippen molar-refractivity contribution in [3.05, 3.63) is 47.2 Å². The number of carbonyl (C=O) groups is 1. The molecule has 0 bridgehead atoms. The van der Waals surface area contributed by atoms with Gasteiger partial charge in [-0.15, -0.1) is 0 Å². The monoisotopic (exact) mass is 406 g/mol. The summed E-state index contributed by atoms with van der Waals surface area (Å²) in [5.41, 5.74) is 1.01. The average Bonchev–Trinajstić information content (AvgIpc) is 2.65. The third-order valence-electron chi connectivity index (χ3n) is 4.13. The maximum absolute atomic E-state index is 12.1. The first-order valence-corrected chi connectivity index (χ1v) is 10.2. The molecule has 2 aromatic rings. The van der Waals surface area contributed by atoms with Gasteiger partial charge in [-0.25, -0.2) is 9.97 Å². The molecule has 6 nitrogen and oxygen atoms in total. The first-order chi connectivity index (χ1) is 13.0. The number of hydrogen-bond acceptors (Lipinski definition) is 6. The van der Waals surface area contributed by atoms with Gasteiger partial charge < -0.3 is 15.0 Å². The summed E-state index contributed by atoms with van der Waals surface area (Å²) in [5.74, 6) is 1.14. The number of halogens is 1. The smallest absolute Gasteiger partial charge is 0.230 e. The van der Waals surface area contributed by atoms with Gasteiger partial charge in [-0.2, -0.15) is 0 Å². The van der Waals surface area contributed by atoms with Gasteiger partial charge in [0, 0.05) is 30.7 Å². The van der Waals surface area contributed by atoms with Crippen LogP contribution in [0.15, 0.2) is 41.7 Å². The van der Waals surface area contributed by atoms with Gasteiger partial charge in [-0.05, 0) is 31.5 Å². The van der Waals surface area contributed by atoms with Crippen molar-refractivity contribution in [2.75, 3.05) is 23.7 Å². The van der Waals surface area contributed by atoms with E-state index in [1.54, 1.807) is 6.33 Å². The molecule has 0 aliphatic carbocycles. The van der Waals surface area contributed by atoms with E-state index in [9.17, 15) is 4.79 Å². The zero-order valence-electron chi connectivity index (χ0n) is 15.4. The number of aromatic nitrogens is 2. The number of benzene rings is 1. The maximum atomic E-state index is 12.1. The van der Waals surface area contributed by atoms with Crippen molar-refractivity contribution in [3.8, 4) is 0 Å². The second kappa shape index (κ2) is 9.39. The lowest BCUT2D eigenvalue weighted by molar-refractivity contribution is -0.118. The minimum absolute atomic E-state index is 0.0382. The molecule has 0 saturated carbocycles. The van der Waals surface area contributed by atoms with Crippen LogP contribution in [0, 0.1) is 0 Å². The molecule has 1 aliphatic heterocycles. The van der Waals surface area contributed by atoms with E-state index in [2.05, 4.69) is 34.0 Å². The van der Waals surface area contributed by atoms with Crippen molar-refractivity contribution in [3.63, 3.8) is 0 Å². The highest BCUT2D eigenvalue weighted by atomic mass is 35.5. The summed E-state index contributed by atoms with van der Waals surface area (Å²) in [6, 6.07) is 9.36. The summed E-state index contributed by atoms with van der Waals surface area (Å²) >= 11 is 7.27. The Hall–Kier alpha value is -1.83. The van der Waals surface area contributed by atoms with Gasteiger partial charge in [-0.1, -0.05) is 35.5 Å². The quantitative estimate of drug-likeness (QED) is 0.587. The van der Waals surface area contributed by atoms with Crippen molar-refractivity contribution >= 4 is 35.1 Å². The molecule has 2 heterocycles. The molecule has 8 heteroatoms. The topological polar surface area (TPSA) is 67.4 Å². The Balaban J connectivity index is 1.50. The lowest BCUT2D eigenvalue weighted by atomic mass is 10.2. The second-order valence-electron chi connectivity index (χ2n) is 6.57. The Morgan fingerprint density at radius 3 is 2.67 bits per heavy atom. The number of nitrogens with one attached hydrogen (secondary N) is 1. The van der Waals surface area contributed by atoms with Gasteiger partial charge in [0.15, 0.2) is 0 Å². The fourth-order valence-corrected chi connectivity index (χ4v) is 3.76. The Bertz CT molecular complexity index is 765. The summed E-state index contributed by atoms with van der Waals surface area (Å²) in [5, 5.41) is 4.38. The number of hydrogen-bond donors (Lipinski definition) is 1. The van der Waals surface area contributed by atoms with Crippen molar-refractivity contribution in [1.29, 1.82) is 0 Å². The predicted octanol–water partition coefficient (Wildman–Crippen LogP) is 3.15. The predicted molar refractivity (Wildman–Crippen MR) is 108 cm³/mol. The van der Waals surface area contributed by atoms with E-state index in [1.165, 1.54) is 11.8 Å². The molecule has 1 amide bonds.